The zero-order chi connectivity index (χ0) is 17.4. The highest BCUT2D eigenvalue weighted by molar-refractivity contribution is 6.21. The van der Waals surface area contributed by atoms with E-state index in [1.807, 2.05) is 18.3 Å². The minimum atomic E-state index is -0.190. The third-order valence-electron chi connectivity index (χ3n) is 4.77. The number of aryl methyl sites for hydroxylation is 1. The van der Waals surface area contributed by atoms with Gasteiger partial charge in [0.15, 0.2) is 0 Å². The first-order chi connectivity index (χ1) is 12.2. The normalized spacial score (nSPS) is 13.7. The van der Waals surface area contributed by atoms with Crippen LogP contribution in [0, 0.1) is 0 Å². The van der Waals surface area contributed by atoms with E-state index in [1.54, 1.807) is 24.3 Å². The van der Waals surface area contributed by atoms with Crippen molar-refractivity contribution in [1.82, 2.24) is 9.88 Å². The fourth-order valence-electron chi connectivity index (χ4n) is 3.43. The molecule has 0 saturated carbocycles. The third-order valence-corrected chi connectivity index (χ3v) is 4.77. The molecule has 0 saturated heterocycles. The van der Waals surface area contributed by atoms with E-state index in [1.165, 1.54) is 10.5 Å². The first kappa shape index (κ1) is 15.6. The Kier molecular flexibility index (Phi) is 3.86. The Morgan fingerprint density at radius 2 is 1.72 bits per heavy atom. The summed E-state index contributed by atoms with van der Waals surface area (Å²) in [6, 6.07) is 13.1. The van der Waals surface area contributed by atoms with Crippen molar-refractivity contribution in [1.29, 1.82) is 0 Å². The molecule has 0 atom stereocenters. The van der Waals surface area contributed by atoms with Gasteiger partial charge in [0, 0.05) is 30.2 Å². The summed E-state index contributed by atoms with van der Waals surface area (Å²) in [5.41, 5.74) is 10.1. The standard InChI is InChI=1S/C20H19N3O2/c21-11-13-7-8-18-17(10-13)14(12-22-18)4-3-9-23-19(24)15-5-1-2-6-16(15)20(23)25/h1-2,5-8,10,12,22H,3-4,9,11,21H2. The monoisotopic (exact) mass is 333 g/mol. The molecule has 3 aromatic rings. The Hall–Kier alpha value is -2.92. The second-order valence-corrected chi connectivity index (χ2v) is 6.31. The fraction of sp³-hybridized carbons (Fsp3) is 0.200. The topological polar surface area (TPSA) is 79.2 Å². The molecule has 1 aromatic heterocycles. The molecule has 126 valence electrons. The molecular weight excluding hydrogens is 314 g/mol. The van der Waals surface area contributed by atoms with Gasteiger partial charge in [0.1, 0.15) is 0 Å². The average molecular weight is 333 g/mol. The summed E-state index contributed by atoms with van der Waals surface area (Å²) >= 11 is 0. The highest BCUT2D eigenvalue weighted by atomic mass is 16.2. The van der Waals surface area contributed by atoms with Gasteiger partial charge in [-0.05, 0) is 48.2 Å². The Balaban J connectivity index is 1.47. The Bertz CT molecular complexity index is 939. The van der Waals surface area contributed by atoms with Crippen LogP contribution in [0.4, 0.5) is 0 Å². The quantitative estimate of drug-likeness (QED) is 0.705. The van der Waals surface area contributed by atoms with E-state index in [4.69, 9.17) is 5.73 Å². The van der Waals surface area contributed by atoms with Crippen LogP contribution in [0.5, 0.6) is 0 Å². The highest BCUT2D eigenvalue weighted by Gasteiger charge is 2.34. The number of carbonyl (C=O) groups excluding carboxylic acids is 2. The van der Waals surface area contributed by atoms with Crippen LogP contribution in [0.15, 0.2) is 48.7 Å². The molecule has 2 aromatic carbocycles. The van der Waals surface area contributed by atoms with Crippen molar-refractivity contribution in [2.45, 2.75) is 19.4 Å². The van der Waals surface area contributed by atoms with Gasteiger partial charge in [0.05, 0.1) is 11.1 Å². The summed E-state index contributed by atoms with van der Waals surface area (Å²) in [5, 5.41) is 1.16. The molecule has 0 spiro atoms. The van der Waals surface area contributed by atoms with Gasteiger partial charge < -0.3 is 10.7 Å². The van der Waals surface area contributed by atoms with Crippen LogP contribution in [-0.2, 0) is 13.0 Å². The first-order valence-electron chi connectivity index (χ1n) is 8.43. The third kappa shape index (κ3) is 2.62. The van der Waals surface area contributed by atoms with E-state index in [0.717, 1.165) is 29.3 Å². The molecule has 5 heteroatoms. The summed E-state index contributed by atoms with van der Waals surface area (Å²) in [7, 11) is 0. The fourth-order valence-corrected chi connectivity index (χ4v) is 3.43. The first-order valence-corrected chi connectivity index (χ1v) is 8.43. The summed E-state index contributed by atoms with van der Waals surface area (Å²) in [4.78, 5) is 29.4. The second-order valence-electron chi connectivity index (χ2n) is 6.31. The van der Waals surface area contributed by atoms with Crippen molar-refractivity contribution in [3.8, 4) is 0 Å². The van der Waals surface area contributed by atoms with E-state index in [0.29, 0.717) is 24.2 Å². The average Bonchev–Trinajstić information content (AvgIpc) is 3.16. The van der Waals surface area contributed by atoms with Crippen molar-refractivity contribution in [3.05, 3.63) is 70.9 Å². The summed E-state index contributed by atoms with van der Waals surface area (Å²) < 4.78 is 0. The maximum absolute atomic E-state index is 12.4. The van der Waals surface area contributed by atoms with Crippen molar-refractivity contribution in [2.24, 2.45) is 5.73 Å². The van der Waals surface area contributed by atoms with Gasteiger partial charge in [-0.2, -0.15) is 0 Å². The van der Waals surface area contributed by atoms with Crippen LogP contribution >= 0.6 is 0 Å². The van der Waals surface area contributed by atoms with E-state index < -0.39 is 0 Å². The summed E-state index contributed by atoms with van der Waals surface area (Å²) in [6.07, 6.45) is 3.51. The zero-order valence-corrected chi connectivity index (χ0v) is 13.8. The number of carbonyl (C=O) groups is 2. The number of nitrogens with zero attached hydrogens (tertiary/aromatic N) is 1. The number of hydrogen-bond donors (Lipinski definition) is 2. The maximum Gasteiger partial charge on any atom is 0.261 e. The van der Waals surface area contributed by atoms with E-state index in [2.05, 4.69) is 11.1 Å². The SMILES string of the molecule is NCc1ccc2[nH]cc(CCCN3C(=O)c4ccccc4C3=O)c2c1. The van der Waals surface area contributed by atoms with Crippen LogP contribution < -0.4 is 5.73 Å². The molecule has 3 N–H and O–H groups in total. The molecule has 1 aliphatic heterocycles. The Morgan fingerprint density at radius 1 is 1.00 bits per heavy atom. The number of nitrogens with two attached hydrogens (primary N) is 1. The molecule has 0 unspecified atom stereocenters. The maximum atomic E-state index is 12.4. The molecule has 2 heterocycles. The van der Waals surface area contributed by atoms with Crippen LogP contribution in [0.2, 0.25) is 0 Å². The number of hydrogen-bond acceptors (Lipinski definition) is 3. The molecule has 5 nitrogen and oxygen atoms in total. The lowest BCUT2D eigenvalue weighted by molar-refractivity contribution is 0.0652. The van der Waals surface area contributed by atoms with Crippen molar-refractivity contribution in [2.75, 3.05) is 6.54 Å². The minimum absolute atomic E-state index is 0.190. The number of fused-ring (bicyclic) bond motifs is 2. The minimum Gasteiger partial charge on any atom is -0.361 e. The second kappa shape index (κ2) is 6.18. The molecule has 2 amide bonds. The van der Waals surface area contributed by atoms with Crippen LogP contribution in [0.3, 0.4) is 0 Å². The van der Waals surface area contributed by atoms with Gasteiger partial charge in [-0.3, -0.25) is 14.5 Å². The van der Waals surface area contributed by atoms with Crippen molar-refractivity contribution < 1.29 is 9.59 Å². The molecule has 0 aliphatic carbocycles. The largest absolute Gasteiger partial charge is 0.361 e. The smallest absolute Gasteiger partial charge is 0.261 e. The predicted octanol–water partition coefficient (Wildman–Crippen LogP) is 2.86. The number of benzene rings is 2. The number of nitrogens with one attached hydrogen (secondary N) is 1. The summed E-state index contributed by atoms with van der Waals surface area (Å²) in [6.45, 7) is 0.936. The Labute approximate surface area is 145 Å². The molecule has 0 radical (unpaired) electrons. The van der Waals surface area contributed by atoms with E-state index in [9.17, 15) is 9.59 Å². The van der Waals surface area contributed by atoms with Gasteiger partial charge in [-0.15, -0.1) is 0 Å². The highest BCUT2D eigenvalue weighted by Crippen LogP contribution is 2.24. The van der Waals surface area contributed by atoms with Crippen LogP contribution in [0.25, 0.3) is 10.9 Å². The number of H-pyrrole nitrogens is 1. The van der Waals surface area contributed by atoms with Crippen molar-refractivity contribution in [3.63, 3.8) is 0 Å². The number of aromatic nitrogens is 1. The van der Waals surface area contributed by atoms with Crippen molar-refractivity contribution >= 4 is 22.7 Å². The number of imide groups is 1. The molecule has 25 heavy (non-hydrogen) atoms. The van der Waals surface area contributed by atoms with Gasteiger partial charge in [0.2, 0.25) is 0 Å². The van der Waals surface area contributed by atoms with Gasteiger partial charge in [0.25, 0.3) is 11.8 Å². The van der Waals surface area contributed by atoms with Gasteiger partial charge in [-0.25, -0.2) is 0 Å². The van der Waals surface area contributed by atoms with Crippen LogP contribution in [0.1, 0.15) is 38.3 Å². The lowest BCUT2D eigenvalue weighted by atomic mass is 10.1. The van der Waals surface area contributed by atoms with Crippen LogP contribution in [-0.4, -0.2) is 28.2 Å². The summed E-state index contributed by atoms with van der Waals surface area (Å²) in [5.74, 6) is -0.380. The predicted molar refractivity (Wildman–Crippen MR) is 96.3 cm³/mol. The Morgan fingerprint density at radius 3 is 2.40 bits per heavy atom. The molecular formula is C20H19N3O2. The number of amides is 2. The van der Waals surface area contributed by atoms with E-state index >= 15 is 0 Å². The molecule has 0 fully saturated rings. The van der Waals surface area contributed by atoms with E-state index in [-0.39, 0.29) is 11.8 Å². The zero-order valence-electron chi connectivity index (χ0n) is 13.8. The molecule has 0 bridgehead atoms. The van der Waals surface area contributed by atoms with Gasteiger partial charge in [-0.1, -0.05) is 18.2 Å². The lowest BCUT2D eigenvalue weighted by Crippen LogP contribution is -2.30. The number of aromatic amines is 1. The number of rotatable bonds is 5. The molecule has 1 aliphatic rings. The van der Waals surface area contributed by atoms with Gasteiger partial charge >= 0.3 is 0 Å². The lowest BCUT2D eigenvalue weighted by Gasteiger charge is -2.13. The molecule has 4 rings (SSSR count).